The van der Waals surface area contributed by atoms with Crippen LogP contribution in [0.15, 0.2) is 66.9 Å². The van der Waals surface area contributed by atoms with E-state index in [1.54, 1.807) is 0 Å². The molecular formula is C32H37N5OS. The molecule has 39 heavy (non-hydrogen) atoms. The van der Waals surface area contributed by atoms with Crippen LogP contribution in [-0.4, -0.2) is 40.0 Å². The molecule has 1 aromatic heterocycles. The first-order chi connectivity index (χ1) is 18.5. The van der Waals surface area contributed by atoms with E-state index in [-0.39, 0.29) is 23.5 Å². The van der Waals surface area contributed by atoms with Gasteiger partial charge in [-0.25, -0.2) is 0 Å². The van der Waals surface area contributed by atoms with Crippen LogP contribution in [0.2, 0.25) is 0 Å². The number of hydrogen-bond donors (Lipinski definition) is 2. The van der Waals surface area contributed by atoms with Gasteiger partial charge in [0.2, 0.25) is 5.91 Å². The molecule has 1 amide bonds. The van der Waals surface area contributed by atoms with Crippen molar-refractivity contribution in [1.29, 1.82) is 0 Å². The fraction of sp³-hybridized carbons (Fsp3) is 0.344. The Labute approximate surface area is 237 Å². The number of rotatable bonds is 6. The van der Waals surface area contributed by atoms with E-state index in [0.717, 1.165) is 28.1 Å². The van der Waals surface area contributed by atoms with Crippen LogP contribution in [-0.2, 0) is 4.79 Å². The van der Waals surface area contributed by atoms with Crippen LogP contribution in [0.4, 0.5) is 11.4 Å². The average Bonchev–Trinajstić information content (AvgIpc) is 3.24. The number of hydrogen-bond acceptors (Lipinski definition) is 4. The van der Waals surface area contributed by atoms with Crippen LogP contribution in [0.3, 0.4) is 0 Å². The van der Waals surface area contributed by atoms with Crippen molar-refractivity contribution < 1.29 is 4.79 Å². The van der Waals surface area contributed by atoms with Crippen molar-refractivity contribution in [3.63, 3.8) is 0 Å². The first kappa shape index (κ1) is 26.9. The van der Waals surface area contributed by atoms with Gasteiger partial charge in [-0.2, -0.15) is 0 Å². The van der Waals surface area contributed by atoms with E-state index in [0.29, 0.717) is 18.1 Å². The van der Waals surface area contributed by atoms with Crippen molar-refractivity contribution in [2.45, 2.75) is 58.7 Å². The molecule has 2 aromatic carbocycles. The van der Waals surface area contributed by atoms with Crippen molar-refractivity contribution in [3.05, 3.63) is 94.8 Å². The Bertz CT molecular complexity index is 1450. The zero-order chi connectivity index (χ0) is 27.9. The lowest BCUT2D eigenvalue weighted by Crippen LogP contribution is -2.42. The van der Waals surface area contributed by atoms with Gasteiger partial charge in [0.05, 0.1) is 23.3 Å². The maximum absolute atomic E-state index is 13.0. The maximum Gasteiger partial charge on any atom is 0.226 e. The molecule has 1 saturated heterocycles. The van der Waals surface area contributed by atoms with E-state index < -0.39 is 0 Å². The first-order valence-corrected chi connectivity index (χ1v) is 13.9. The normalized spacial score (nSPS) is 19.8. The Morgan fingerprint density at radius 1 is 1.10 bits per heavy atom. The number of fused-ring (bicyclic) bond motifs is 1. The Morgan fingerprint density at radius 3 is 2.64 bits per heavy atom. The molecule has 2 atom stereocenters. The van der Waals surface area contributed by atoms with Gasteiger partial charge in [-0.3, -0.25) is 9.78 Å². The third kappa shape index (κ3) is 5.28. The summed E-state index contributed by atoms with van der Waals surface area (Å²) < 4.78 is 0. The zero-order valence-electron chi connectivity index (χ0n) is 23.6. The van der Waals surface area contributed by atoms with Crippen molar-refractivity contribution in [2.24, 2.45) is 0 Å². The molecule has 2 aliphatic heterocycles. The monoisotopic (exact) mass is 539 g/mol. The third-order valence-electron chi connectivity index (χ3n) is 8.03. The van der Waals surface area contributed by atoms with E-state index >= 15 is 0 Å². The van der Waals surface area contributed by atoms with Crippen LogP contribution < -0.4 is 15.5 Å². The summed E-state index contributed by atoms with van der Waals surface area (Å²) in [7, 11) is 2.14. The second kappa shape index (κ2) is 10.5. The third-order valence-corrected chi connectivity index (χ3v) is 8.38. The lowest BCUT2D eigenvalue weighted by molar-refractivity contribution is -0.116. The number of benzene rings is 2. The van der Waals surface area contributed by atoms with Crippen molar-refractivity contribution >= 4 is 40.2 Å². The number of nitrogens with zero attached hydrogens (tertiary/aromatic N) is 3. The summed E-state index contributed by atoms with van der Waals surface area (Å²) in [5.74, 6) is -0.0281. The van der Waals surface area contributed by atoms with Crippen molar-refractivity contribution in [2.75, 3.05) is 23.8 Å². The number of allylic oxidation sites excluding steroid dienone is 1. The number of aromatic nitrogens is 1. The van der Waals surface area contributed by atoms with Crippen LogP contribution in [0, 0.1) is 13.8 Å². The van der Waals surface area contributed by atoms with Gasteiger partial charge in [-0.1, -0.05) is 30.3 Å². The first-order valence-electron chi connectivity index (χ1n) is 13.5. The Balaban J connectivity index is 1.45. The molecule has 6 nitrogen and oxygen atoms in total. The van der Waals surface area contributed by atoms with E-state index in [2.05, 4.69) is 83.6 Å². The number of thiocarbonyl (C=S) groups is 1. The zero-order valence-corrected chi connectivity index (χ0v) is 24.4. The Hall–Kier alpha value is -3.71. The summed E-state index contributed by atoms with van der Waals surface area (Å²) in [6, 6.07) is 18.5. The van der Waals surface area contributed by atoms with Gasteiger partial charge in [-0.05, 0) is 99.4 Å². The fourth-order valence-electron chi connectivity index (χ4n) is 5.68. The number of amides is 1. The number of aryl methyl sites for hydroxylation is 2. The summed E-state index contributed by atoms with van der Waals surface area (Å²) in [6.07, 6.45) is 4.46. The smallest absolute Gasteiger partial charge is 0.226 e. The van der Waals surface area contributed by atoms with Gasteiger partial charge in [0.25, 0.3) is 0 Å². The standard InChI is InChI=1S/C32H37N5OS/c1-20-10-11-21(2)26(17-20)34-28(38)14-16-37-30(29(35-31(37)39)25-9-7-8-15-33-25)23-12-13-27-24(18-23)22(3)19-32(4,5)36(27)6/h7-13,15,17-19,29-30H,14,16H2,1-6H3,(H,34,38)(H,35,39)/t29-,30-/m1/s1. The molecule has 5 rings (SSSR count). The molecule has 2 N–H and O–H groups in total. The van der Waals surface area contributed by atoms with Crippen LogP contribution >= 0.6 is 12.2 Å². The predicted octanol–water partition coefficient (Wildman–Crippen LogP) is 6.33. The topological polar surface area (TPSA) is 60.5 Å². The van der Waals surface area contributed by atoms with E-state index in [1.807, 2.05) is 50.4 Å². The van der Waals surface area contributed by atoms with Gasteiger partial charge in [0.15, 0.2) is 5.11 Å². The molecule has 0 radical (unpaired) electrons. The lowest BCUT2D eigenvalue weighted by atomic mass is 9.86. The van der Waals surface area contributed by atoms with Gasteiger partial charge < -0.3 is 20.4 Å². The Kier molecular flexibility index (Phi) is 7.21. The van der Waals surface area contributed by atoms with Crippen molar-refractivity contribution in [3.8, 4) is 0 Å². The second-order valence-electron chi connectivity index (χ2n) is 11.3. The van der Waals surface area contributed by atoms with Crippen LogP contribution in [0.5, 0.6) is 0 Å². The summed E-state index contributed by atoms with van der Waals surface area (Å²) in [4.78, 5) is 22.2. The number of likely N-dealkylation sites (N-methyl/N-ethyl adjacent to an activating group) is 1. The molecule has 0 aliphatic carbocycles. The lowest BCUT2D eigenvalue weighted by Gasteiger charge is -2.41. The quantitative estimate of drug-likeness (QED) is 0.357. The highest BCUT2D eigenvalue weighted by atomic mass is 32.1. The molecule has 0 unspecified atom stereocenters. The maximum atomic E-state index is 13.0. The molecule has 0 saturated carbocycles. The number of carbonyl (C=O) groups is 1. The van der Waals surface area contributed by atoms with Crippen LogP contribution in [0.25, 0.3) is 5.57 Å². The predicted molar refractivity (Wildman–Crippen MR) is 164 cm³/mol. The molecule has 2 aliphatic rings. The van der Waals surface area contributed by atoms with E-state index in [9.17, 15) is 4.79 Å². The molecule has 0 spiro atoms. The molecule has 202 valence electrons. The Morgan fingerprint density at radius 2 is 1.90 bits per heavy atom. The minimum absolute atomic E-state index is 0.0281. The SMILES string of the molecule is CC1=CC(C)(C)N(C)c2ccc([C@@H]3[C@@H](c4ccccn4)NC(=S)N3CCC(=O)Nc3cc(C)ccc3C)cc21. The van der Waals surface area contributed by atoms with Crippen LogP contribution in [0.1, 0.15) is 67.2 Å². The van der Waals surface area contributed by atoms with Crippen molar-refractivity contribution in [1.82, 2.24) is 15.2 Å². The summed E-state index contributed by atoms with van der Waals surface area (Å²) in [6.45, 7) is 11.2. The largest absolute Gasteiger partial charge is 0.366 e. The summed E-state index contributed by atoms with van der Waals surface area (Å²) in [5, 5.41) is 7.24. The number of carbonyl (C=O) groups excluding carboxylic acids is 1. The highest BCUT2D eigenvalue weighted by Crippen LogP contribution is 2.43. The summed E-state index contributed by atoms with van der Waals surface area (Å²) >= 11 is 5.84. The highest BCUT2D eigenvalue weighted by Gasteiger charge is 2.40. The average molecular weight is 540 g/mol. The number of anilines is 2. The molecule has 1 fully saturated rings. The minimum atomic E-state index is -0.124. The number of nitrogens with one attached hydrogen (secondary N) is 2. The highest BCUT2D eigenvalue weighted by molar-refractivity contribution is 7.80. The van der Waals surface area contributed by atoms with Gasteiger partial charge in [0.1, 0.15) is 0 Å². The minimum Gasteiger partial charge on any atom is -0.366 e. The number of pyridine rings is 1. The fourth-order valence-corrected chi connectivity index (χ4v) is 6.01. The van der Waals surface area contributed by atoms with Gasteiger partial charge >= 0.3 is 0 Å². The molecule has 0 bridgehead atoms. The summed E-state index contributed by atoms with van der Waals surface area (Å²) in [5.41, 5.74) is 8.73. The molecule has 3 heterocycles. The molecule has 3 aromatic rings. The van der Waals surface area contributed by atoms with E-state index in [4.69, 9.17) is 12.2 Å². The second-order valence-corrected chi connectivity index (χ2v) is 11.6. The van der Waals surface area contributed by atoms with Gasteiger partial charge in [-0.15, -0.1) is 0 Å². The molecular weight excluding hydrogens is 502 g/mol. The van der Waals surface area contributed by atoms with Gasteiger partial charge in [0, 0.05) is 43.1 Å². The van der Waals surface area contributed by atoms with E-state index in [1.165, 1.54) is 16.8 Å². The molecule has 7 heteroatoms.